The van der Waals surface area contributed by atoms with Crippen LogP contribution < -0.4 is 5.32 Å². The maximum absolute atomic E-state index is 12.3. The van der Waals surface area contributed by atoms with Crippen molar-refractivity contribution in [2.24, 2.45) is 5.92 Å². The van der Waals surface area contributed by atoms with Crippen molar-refractivity contribution in [3.05, 3.63) is 63.6 Å². The number of nitrogens with zero attached hydrogens (tertiary/aromatic N) is 2. The Kier molecular flexibility index (Phi) is 5.54. The van der Waals surface area contributed by atoms with E-state index in [-0.39, 0.29) is 29.0 Å². The van der Waals surface area contributed by atoms with E-state index in [2.05, 4.69) is 5.32 Å². The average molecular weight is 371 g/mol. The fourth-order valence-corrected chi connectivity index (χ4v) is 3.20. The molecule has 8 nitrogen and oxygen atoms in total. The molecule has 0 saturated carbocycles. The maximum Gasteiger partial charge on any atom is 0.273 e. The molecule has 1 aromatic heterocycles. The Bertz CT molecular complexity index is 839. The molecule has 0 unspecified atom stereocenters. The predicted octanol–water partition coefficient (Wildman–Crippen LogP) is 2.78. The van der Waals surface area contributed by atoms with Crippen molar-refractivity contribution in [3.63, 3.8) is 0 Å². The Hall–Kier alpha value is -3.16. The molecular formula is C19H21N3O5. The first kappa shape index (κ1) is 18.6. The first-order valence-corrected chi connectivity index (χ1v) is 8.80. The Morgan fingerprint density at radius 2 is 2.00 bits per heavy atom. The molecule has 8 heteroatoms. The lowest BCUT2D eigenvalue weighted by Gasteiger charge is -2.31. The van der Waals surface area contributed by atoms with Crippen molar-refractivity contribution in [1.29, 1.82) is 0 Å². The molecule has 0 bridgehead atoms. The number of furan rings is 1. The summed E-state index contributed by atoms with van der Waals surface area (Å²) in [6.07, 6.45) is 4.50. The molecule has 1 saturated heterocycles. The number of nitro groups is 1. The summed E-state index contributed by atoms with van der Waals surface area (Å²) in [5.74, 6) is -0.101. The second kappa shape index (κ2) is 8.03. The number of rotatable bonds is 5. The molecule has 1 fully saturated rings. The zero-order valence-corrected chi connectivity index (χ0v) is 15.0. The molecule has 1 aliphatic heterocycles. The fourth-order valence-electron chi connectivity index (χ4n) is 3.20. The van der Waals surface area contributed by atoms with Crippen LogP contribution in [0.2, 0.25) is 0 Å². The first-order chi connectivity index (χ1) is 13.0. The van der Waals surface area contributed by atoms with E-state index in [1.54, 1.807) is 30.0 Å². The number of carbonyl (C=O) groups excluding carboxylic acids is 2. The van der Waals surface area contributed by atoms with Gasteiger partial charge in [-0.05, 0) is 37.8 Å². The van der Waals surface area contributed by atoms with Crippen molar-refractivity contribution in [3.8, 4) is 0 Å². The van der Waals surface area contributed by atoms with Crippen LogP contribution in [0.3, 0.4) is 0 Å². The number of nitro benzene ring substituents is 1. The van der Waals surface area contributed by atoms with E-state index in [0.717, 1.165) is 12.8 Å². The molecule has 27 heavy (non-hydrogen) atoms. The van der Waals surface area contributed by atoms with Gasteiger partial charge in [-0.25, -0.2) is 0 Å². The van der Waals surface area contributed by atoms with Crippen LogP contribution in [-0.2, 0) is 0 Å². The van der Waals surface area contributed by atoms with Crippen LogP contribution in [0.1, 0.15) is 39.1 Å². The number of benzene rings is 1. The third kappa shape index (κ3) is 4.33. The molecule has 1 N–H and O–H groups in total. The highest BCUT2D eigenvalue weighted by Crippen LogP contribution is 2.21. The minimum atomic E-state index is -0.487. The van der Waals surface area contributed by atoms with Gasteiger partial charge >= 0.3 is 0 Å². The molecule has 1 aliphatic rings. The summed E-state index contributed by atoms with van der Waals surface area (Å²) in [6, 6.07) is 6.11. The van der Waals surface area contributed by atoms with Gasteiger partial charge in [-0.2, -0.15) is 0 Å². The summed E-state index contributed by atoms with van der Waals surface area (Å²) < 4.78 is 4.95. The van der Waals surface area contributed by atoms with Crippen LogP contribution >= 0.6 is 0 Å². The molecule has 0 spiro atoms. The van der Waals surface area contributed by atoms with E-state index in [4.69, 9.17) is 4.42 Å². The first-order valence-electron chi connectivity index (χ1n) is 8.80. The quantitative estimate of drug-likeness (QED) is 0.643. The molecule has 2 amide bonds. The molecule has 0 aliphatic carbocycles. The van der Waals surface area contributed by atoms with Crippen molar-refractivity contribution < 1.29 is 18.9 Å². The Morgan fingerprint density at radius 1 is 1.26 bits per heavy atom. The van der Waals surface area contributed by atoms with Crippen LogP contribution in [0, 0.1) is 23.0 Å². The standard InChI is InChI=1S/C19H21N3O5/c1-13-2-3-15(10-17(13)22(25)26)18(23)20-11-14-4-7-21(8-5-14)19(24)16-6-9-27-12-16/h2-3,6,9-10,12,14H,4-5,7-8,11H2,1H3,(H,20,23). The summed E-state index contributed by atoms with van der Waals surface area (Å²) in [5.41, 5.74) is 1.28. The molecule has 0 atom stereocenters. The Labute approximate surface area is 156 Å². The van der Waals surface area contributed by atoms with Gasteiger partial charge in [-0.3, -0.25) is 19.7 Å². The van der Waals surface area contributed by atoms with Gasteiger partial charge < -0.3 is 14.6 Å². The van der Waals surface area contributed by atoms with E-state index in [9.17, 15) is 19.7 Å². The predicted molar refractivity (Wildman–Crippen MR) is 97.5 cm³/mol. The number of piperidine rings is 1. The third-order valence-corrected chi connectivity index (χ3v) is 4.89. The second-order valence-electron chi connectivity index (χ2n) is 6.72. The number of amides is 2. The van der Waals surface area contributed by atoms with Gasteiger partial charge in [0, 0.05) is 36.8 Å². The number of hydrogen-bond donors (Lipinski definition) is 1. The maximum atomic E-state index is 12.3. The molecular weight excluding hydrogens is 350 g/mol. The number of hydrogen-bond acceptors (Lipinski definition) is 5. The summed E-state index contributed by atoms with van der Waals surface area (Å²) >= 11 is 0. The van der Waals surface area contributed by atoms with Crippen molar-refractivity contribution in [1.82, 2.24) is 10.2 Å². The number of nitrogens with one attached hydrogen (secondary N) is 1. The molecule has 0 radical (unpaired) electrons. The van der Waals surface area contributed by atoms with Crippen LogP contribution in [0.4, 0.5) is 5.69 Å². The van der Waals surface area contributed by atoms with Gasteiger partial charge in [0.15, 0.2) is 0 Å². The van der Waals surface area contributed by atoms with Crippen molar-refractivity contribution in [2.45, 2.75) is 19.8 Å². The molecule has 2 aromatic rings. The monoisotopic (exact) mass is 371 g/mol. The number of carbonyl (C=O) groups is 2. The van der Waals surface area contributed by atoms with Gasteiger partial charge in [0.05, 0.1) is 16.7 Å². The topological polar surface area (TPSA) is 106 Å². The zero-order valence-electron chi connectivity index (χ0n) is 15.0. The lowest BCUT2D eigenvalue weighted by atomic mass is 9.96. The molecule has 3 rings (SSSR count). The average Bonchev–Trinajstić information content (AvgIpc) is 3.21. The molecule has 1 aromatic carbocycles. The van der Waals surface area contributed by atoms with Crippen LogP contribution in [0.25, 0.3) is 0 Å². The van der Waals surface area contributed by atoms with E-state index in [0.29, 0.717) is 30.8 Å². The highest BCUT2D eigenvalue weighted by molar-refractivity contribution is 5.95. The summed E-state index contributed by atoms with van der Waals surface area (Å²) in [5, 5.41) is 13.9. The Balaban J connectivity index is 1.50. The minimum Gasteiger partial charge on any atom is -0.472 e. The summed E-state index contributed by atoms with van der Waals surface area (Å²) in [6.45, 7) is 3.37. The molecule has 2 heterocycles. The lowest BCUT2D eigenvalue weighted by molar-refractivity contribution is -0.385. The van der Waals surface area contributed by atoms with Crippen LogP contribution in [-0.4, -0.2) is 41.3 Å². The fraction of sp³-hybridized carbons (Fsp3) is 0.368. The van der Waals surface area contributed by atoms with Crippen molar-refractivity contribution in [2.75, 3.05) is 19.6 Å². The van der Waals surface area contributed by atoms with Crippen LogP contribution in [0.15, 0.2) is 41.2 Å². The van der Waals surface area contributed by atoms with Crippen molar-refractivity contribution >= 4 is 17.5 Å². The SMILES string of the molecule is Cc1ccc(C(=O)NCC2CCN(C(=O)c3ccoc3)CC2)cc1[N+](=O)[O-]. The van der Waals surface area contributed by atoms with Gasteiger partial charge in [-0.15, -0.1) is 0 Å². The number of likely N-dealkylation sites (tertiary alicyclic amines) is 1. The summed E-state index contributed by atoms with van der Waals surface area (Å²) in [7, 11) is 0. The van der Waals surface area contributed by atoms with Gasteiger partial charge in [0.2, 0.25) is 0 Å². The highest BCUT2D eigenvalue weighted by Gasteiger charge is 2.24. The van der Waals surface area contributed by atoms with Crippen LogP contribution in [0.5, 0.6) is 0 Å². The van der Waals surface area contributed by atoms with E-state index in [1.165, 1.54) is 18.6 Å². The van der Waals surface area contributed by atoms with E-state index >= 15 is 0 Å². The Morgan fingerprint density at radius 3 is 2.63 bits per heavy atom. The third-order valence-electron chi connectivity index (χ3n) is 4.89. The largest absolute Gasteiger partial charge is 0.472 e. The van der Waals surface area contributed by atoms with Gasteiger partial charge in [0.1, 0.15) is 6.26 Å². The van der Waals surface area contributed by atoms with E-state index in [1.807, 2.05) is 0 Å². The zero-order chi connectivity index (χ0) is 19.4. The lowest BCUT2D eigenvalue weighted by Crippen LogP contribution is -2.41. The van der Waals surface area contributed by atoms with E-state index < -0.39 is 4.92 Å². The number of aryl methyl sites for hydroxylation is 1. The normalized spacial score (nSPS) is 14.8. The smallest absolute Gasteiger partial charge is 0.273 e. The minimum absolute atomic E-state index is 0.0433. The molecule has 142 valence electrons. The highest BCUT2D eigenvalue weighted by atomic mass is 16.6. The van der Waals surface area contributed by atoms with Gasteiger partial charge in [0.25, 0.3) is 17.5 Å². The van der Waals surface area contributed by atoms with Gasteiger partial charge in [-0.1, -0.05) is 6.07 Å². The summed E-state index contributed by atoms with van der Waals surface area (Å²) in [4.78, 5) is 36.9. The second-order valence-corrected chi connectivity index (χ2v) is 6.72.